The molecule has 0 heterocycles. The van der Waals surface area contributed by atoms with E-state index >= 15 is 0 Å². The summed E-state index contributed by atoms with van der Waals surface area (Å²) >= 11 is 0. The third-order valence-electron chi connectivity index (χ3n) is 3.33. The lowest BCUT2D eigenvalue weighted by molar-refractivity contribution is 0.795. The minimum Gasteiger partial charge on any atom is -0.385 e. The highest BCUT2D eigenvalue weighted by Crippen LogP contribution is 2.24. The molecule has 2 N–H and O–H groups in total. The highest BCUT2D eigenvalue weighted by Gasteiger charge is 2.03. The zero-order chi connectivity index (χ0) is 14.2. The Hall–Kier alpha value is -1.96. The molecule has 0 aliphatic heterocycles. The number of hydrogen-bond acceptors (Lipinski definition) is 2. The van der Waals surface area contributed by atoms with Gasteiger partial charge in [-0.25, -0.2) is 0 Å². The fraction of sp³-hybridized carbons (Fsp3) is 0.333. The summed E-state index contributed by atoms with van der Waals surface area (Å²) in [5, 5.41) is 6.91. The van der Waals surface area contributed by atoms with Gasteiger partial charge in [-0.15, -0.1) is 0 Å². The summed E-state index contributed by atoms with van der Waals surface area (Å²) in [6.07, 6.45) is 3.58. The van der Waals surface area contributed by atoms with E-state index in [-0.39, 0.29) is 0 Å². The van der Waals surface area contributed by atoms with Crippen LogP contribution in [0, 0.1) is 0 Å². The molecule has 2 aromatic carbocycles. The SMILES string of the molecule is CCCCc1cc(Nc2ccccc2)ccc1NCC. The Morgan fingerprint density at radius 3 is 2.40 bits per heavy atom. The number of rotatable bonds is 7. The fourth-order valence-electron chi connectivity index (χ4n) is 2.30. The van der Waals surface area contributed by atoms with Gasteiger partial charge in [0.05, 0.1) is 0 Å². The molecule has 0 aliphatic carbocycles. The molecule has 0 spiro atoms. The molecule has 0 aromatic heterocycles. The maximum Gasteiger partial charge on any atom is 0.0388 e. The average molecular weight is 268 g/mol. The summed E-state index contributed by atoms with van der Waals surface area (Å²) in [5.41, 5.74) is 4.95. The second-order valence-electron chi connectivity index (χ2n) is 5.00. The smallest absolute Gasteiger partial charge is 0.0388 e. The van der Waals surface area contributed by atoms with Crippen molar-refractivity contribution in [3.8, 4) is 0 Å². The van der Waals surface area contributed by atoms with E-state index < -0.39 is 0 Å². The van der Waals surface area contributed by atoms with Gasteiger partial charge in [-0.2, -0.15) is 0 Å². The Kier molecular flexibility index (Phi) is 5.48. The van der Waals surface area contributed by atoms with Crippen LogP contribution >= 0.6 is 0 Å². The van der Waals surface area contributed by atoms with Crippen molar-refractivity contribution in [3.05, 3.63) is 54.1 Å². The van der Waals surface area contributed by atoms with Crippen molar-refractivity contribution in [2.45, 2.75) is 33.1 Å². The number of benzene rings is 2. The molecule has 0 atom stereocenters. The molecule has 0 fully saturated rings. The molecule has 0 saturated heterocycles. The predicted octanol–water partition coefficient (Wildman–Crippen LogP) is 5.20. The van der Waals surface area contributed by atoms with Crippen LogP contribution in [0.3, 0.4) is 0 Å². The van der Waals surface area contributed by atoms with Gasteiger partial charge in [-0.3, -0.25) is 0 Å². The normalized spacial score (nSPS) is 10.3. The molecule has 2 rings (SSSR count). The van der Waals surface area contributed by atoms with Crippen LogP contribution in [-0.2, 0) is 6.42 Å². The maximum absolute atomic E-state index is 3.46. The zero-order valence-electron chi connectivity index (χ0n) is 12.4. The van der Waals surface area contributed by atoms with E-state index in [9.17, 15) is 0 Å². The van der Waals surface area contributed by atoms with Gasteiger partial charge in [0.15, 0.2) is 0 Å². The molecule has 0 saturated carbocycles. The average Bonchev–Trinajstić information content (AvgIpc) is 2.48. The molecule has 106 valence electrons. The van der Waals surface area contributed by atoms with Gasteiger partial charge in [-0.05, 0) is 55.7 Å². The van der Waals surface area contributed by atoms with Crippen molar-refractivity contribution in [2.75, 3.05) is 17.2 Å². The Morgan fingerprint density at radius 1 is 0.900 bits per heavy atom. The van der Waals surface area contributed by atoms with Crippen LogP contribution in [-0.4, -0.2) is 6.54 Å². The summed E-state index contributed by atoms with van der Waals surface area (Å²) in [4.78, 5) is 0. The van der Waals surface area contributed by atoms with Gasteiger partial charge >= 0.3 is 0 Å². The highest BCUT2D eigenvalue weighted by molar-refractivity contribution is 5.65. The van der Waals surface area contributed by atoms with E-state index in [2.05, 4.69) is 54.8 Å². The van der Waals surface area contributed by atoms with Gasteiger partial charge in [0, 0.05) is 23.6 Å². The second kappa shape index (κ2) is 7.59. The van der Waals surface area contributed by atoms with Crippen LogP contribution in [0.5, 0.6) is 0 Å². The number of para-hydroxylation sites is 1. The number of nitrogens with one attached hydrogen (secondary N) is 2. The van der Waals surface area contributed by atoms with Gasteiger partial charge in [0.1, 0.15) is 0 Å². The van der Waals surface area contributed by atoms with Crippen molar-refractivity contribution in [1.29, 1.82) is 0 Å². The lowest BCUT2D eigenvalue weighted by Gasteiger charge is -2.14. The summed E-state index contributed by atoms with van der Waals surface area (Å²) < 4.78 is 0. The van der Waals surface area contributed by atoms with E-state index in [0.29, 0.717) is 0 Å². The van der Waals surface area contributed by atoms with E-state index in [1.807, 2.05) is 18.2 Å². The molecule has 0 amide bonds. The lowest BCUT2D eigenvalue weighted by atomic mass is 10.0. The highest BCUT2D eigenvalue weighted by atomic mass is 14.9. The van der Waals surface area contributed by atoms with Crippen LogP contribution in [0.25, 0.3) is 0 Å². The van der Waals surface area contributed by atoms with Gasteiger partial charge in [-0.1, -0.05) is 31.5 Å². The third kappa shape index (κ3) is 4.02. The first-order chi connectivity index (χ1) is 9.83. The van der Waals surface area contributed by atoms with Crippen LogP contribution < -0.4 is 10.6 Å². The van der Waals surface area contributed by atoms with E-state index in [0.717, 1.165) is 24.3 Å². The van der Waals surface area contributed by atoms with Gasteiger partial charge in [0.2, 0.25) is 0 Å². The van der Waals surface area contributed by atoms with Crippen LogP contribution in [0.15, 0.2) is 48.5 Å². The maximum atomic E-state index is 3.46. The molecule has 2 heteroatoms. The molecule has 0 aliphatic rings. The minimum absolute atomic E-state index is 0.963. The van der Waals surface area contributed by atoms with Gasteiger partial charge < -0.3 is 10.6 Å². The Labute approximate surface area is 122 Å². The first kappa shape index (κ1) is 14.4. The number of hydrogen-bond donors (Lipinski definition) is 2. The second-order valence-corrected chi connectivity index (χ2v) is 5.00. The number of aryl methyl sites for hydroxylation is 1. The number of unbranched alkanes of at least 4 members (excludes halogenated alkanes) is 1. The van der Waals surface area contributed by atoms with Crippen molar-refractivity contribution in [1.82, 2.24) is 0 Å². The van der Waals surface area contributed by atoms with Crippen LogP contribution in [0.4, 0.5) is 17.1 Å². The Bertz CT molecular complexity index is 520. The summed E-state index contributed by atoms with van der Waals surface area (Å²) in [6.45, 7) is 5.34. The van der Waals surface area contributed by atoms with Crippen molar-refractivity contribution in [3.63, 3.8) is 0 Å². The third-order valence-corrected chi connectivity index (χ3v) is 3.33. The monoisotopic (exact) mass is 268 g/mol. The summed E-state index contributed by atoms with van der Waals surface area (Å²) in [5.74, 6) is 0. The van der Waals surface area contributed by atoms with E-state index in [4.69, 9.17) is 0 Å². The topological polar surface area (TPSA) is 24.1 Å². The molecular weight excluding hydrogens is 244 g/mol. The predicted molar refractivity (Wildman–Crippen MR) is 88.9 cm³/mol. The molecule has 2 aromatic rings. The van der Waals surface area contributed by atoms with Crippen molar-refractivity contribution in [2.24, 2.45) is 0 Å². The number of anilines is 3. The fourth-order valence-corrected chi connectivity index (χ4v) is 2.30. The molecule has 0 bridgehead atoms. The summed E-state index contributed by atoms with van der Waals surface area (Å²) in [6, 6.07) is 16.9. The summed E-state index contributed by atoms with van der Waals surface area (Å²) in [7, 11) is 0. The first-order valence-electron chi connectivity index (χ1n) is 7.52. The molecule has 2 nitrogen and oxygen atoms in total. The zero-order valence-corrected chi connectivity index (χ0v) is 12.4. The van der Waals surface area contributed by atoms with Crippen LogP contribution in [0.1, 0.15) is 32.3 Å². The largest absolute Gasteiger partial charge is 0.385 e. The minimum atomic E-state index is 0.963. The molecule has 0 radical (unpaired) electrons. The quantitative estimate of drug-likeness (QED) is 0.720. The lowest BCUT2D eigenvalue weighted by Crippen LogP contribution is -2.02. The molecule has 0 unspecified atom stereocenters. The standard InChI is InChI=1S/C18H24N2/c1-3-5-9-15-14-17(12-13-18(15)19-4-2)20-16-10-7-6-8-11-16/h6-8,10-14,19-20H,3-5,9H2,1-2H3. The van der Waals surface area contributed by atoms with E-state index in [1.54, 1.807) is 0 Å². The van der Waals surface area contributed by atoms with Crippen molar-refractivity contribution < 1.29 is 0 Å². The van der Waals surface area contributed by atoms with Crippen molar-refractivity contribution >= 4 is 17.1 Å². The molecule has 20 heavy (non-hydrogen) atoms. The van der Waals surface area contributed by atoms with Gasteiger partial charge in [0.25, 0.3) is 0 Å². The Morgan fingerprint density at radius 2 is 1.70 bits per heavy atom. The first-order valence-corrected chi connectivity index (χ1v) is 7.52. The molecular formula is C18H24N2. The van der Waals surface area contributed by atoms with E-state index in [1.165, 1.54) is 24.1 Å². The van der Waals surface area contributed by atoms with Crippen LogP contribution in [0.2, 0.25) is 0 Å². The Balaban J connectivity index is 2.17.